The number of carbonyl (C=O) groups excluding carboxylic acids is 1. The molecule has 5 heteroatoms. The smallest absolute Gasteiger partial charge is 0.317 e. The number of amides is 2. The van der Waals surface area contributed by atoms with Crippen LogP contribution in [0.1, 0.15) is 35.2 Å². The zero-order valence-corrected chi connectivity index (χ0v) is 13.9. The molecular formula is C17H24N4O. The van der Waals surface area contributed by atoms with Crippen LogP contribution in [-0.4, -0.2) is 27.8 Å². The molecule has 0 saturated heterocycles. The first-order valence-electron chi connectivity index (χ1n) is 7.42. The maximum absolute atomic E-state index is 12.3. The molecule has 2 aromatic rings. The van der Waals surface area contributed by atoms with Crippen LogP contribution in [0.25, 0.3) is 0 Å². The van der Waals surface area contributed by atoms with Gasteiger partial charge in [-0.25, -0.2) is 4.79 Å². The van der Waals surface area contributed by atoms with Crippen LogP contribution in [0.5, 0.6) is 0 Å². The second-order valence-corrected chi connectivity index (χ2v) is 5.97. The second-order valence-electron chi connectivity index (χ2n) is 5.97. The van der Waals surface area contributed by atoms with Crippen LogP contribution in [0.3, 0.4) is 0 Å². The quantitative estimate of drug-likeness (QED) is 0.944. The summed E-state index contributed by atoms with van der Waals surface area (Å²) in [6.45, 7) is 6.68. The molecular weight excluding hydrogens is 276 g/mol. The summed E-state index contributed by atoms with van der Waals surface area (Å²) in [6, 6.07) is 6.24. The second kappa shape index (κ2) is 6.64. The Morgan fingerprint density at radius 3 is 2.50 bits per heavy atom. The maximum atomic E-state index is 12.3. The van der Waals surface area contributed by atoms with E-state index in [1.54, 1.807) is 22.8 Å². The summed E-state index contributed by atoms with van der Waals surface area (Å²) >= 11 is 0. The fourth-order valence-corrected chi connectivity index (χ4v) is 2.54. The number of hydrogen-bond acceptors (Lipinski definition) is 2. The van der Waals surface area contributed by atoms with Crippen molar-refractivity contribution >= 4 is 6.03 Å². The number of hydrogen-bond donors (Lipinski definition) is 1. The Hall–Kier alpha value is -2.30. The van der Waals surface area contributed by atoms with Crippen molar-refractivity contribution in [2.24, 2.45) is 7.05 Å². The summed E-state index contributed by atoms with van der Waals surface area (Å²) in [6.07, 6.45) is 3.69. The predicted octanol–water partition coefficient (Wildman–Crippen LogP) is 2.94. The minimum Gasteiger partial charge on any atom is -0.331 e. The molecule has 1 heterocycles. The van der Waals surface area contributed by atoms with Crippen molar-refractivity contribution in [2.75, 3.05) is 7.05 Å². The number of rotatable bonds is 4. The largest absolute Gasteiger partial charge is 0.331 e. The van der Waals surface area contributed by atoms with Gasteiger partial charge in [-0.2, -0.15) is 5.10 Å². The minimum atomic E-state index is -0.0875. The van der Waals surface area contributed by atoms with Gasteiger partial charge in [0.1, 0.15) is 0 Å². The standard InChI is InChI=1S/C17H24N4O/c1-12-6-13(2)8-16(7-12)14(3)19-17(22)20(4)10-15-9-18-21(5)11-15/h6-9,11,14H,10H2,1-5H3,(H,19,22). The maximum Gasteiger partial charge on any atom is 0.317 e. The molecule has 0 radical (unpaired) electrons. The van der Waals surface area contributed by atoms with E-state index in [1.165, 1.54) is 11.1 Å². The van der Waals surface area contributed by atoms with Crippen LogP contribution < -0.4 is 5.32 Å². The molecule has 22 heavy (non-hydrogen) atoms. The molecule has 2 rings (SSSR count). The summed E-state index contributed by atoms with van der Waals surface area (Å²) in [4.78, 5) is 14.0. The molecule has 1 unspecified atom stereocenters. The third-order valence-corrected chi connectivity index (χ3v) is 3.61. The van der Waals surface area contributed by atoms with Crippen LogP contribution in [0, 0.1) is 13.8 Å². The number of nitrogens with one attached hydrogen (secondary N) is 1. The molecule has 1 aromatic carbocycles. The molecule has 0 fully saturated rings. The van der Waals surface area contributed by atoms with E-state index in [0.717, 1.165) is 11.1 Å². The fourth-order valence-electron chi connectivity index (χ4n) is 2.54. The SMILES string of the molecule is Cc1cc(C)cc(C(C)NC(=O)N(C)Cc2cnn(C)c2)c1. The van der Waals surface area contributed by atoms with Gasteiger partial charge in [0, 0.05) is 25.9 Å². The van der Waals surface area contributed by atoms with E-state index in [9.17, 15) is 4.79 Å². The molecule has 2 amide bonds. The molecule has 0 aliphatic heterocycles. The van der Waals surface area contributed by atoms with Gasteiger partial charge in [0.05, 0.1) is 18.8 Å². The van der Waals surface area contributed by atoms with Gasteiger partial charge < -0.3 is 10.2 Å². The molecule has 0 aliphatic rings. The van der Waals surface area contributed by atoms with Gasteiger partial charge in [0.2, 0.25) is 0 Å². The Kier molecular flexibility index (Phi) is 4.85. The number of urea groups is 1. The van der Waals surface area contributed by atoms with Crippen LogP contribution in [-0.2, 0) is 13.6 Å². The molecule has 1 aromatic heterocycles. The molecule has 1 atom stereocenters. The number of nitrogens with zero attached hydrogens (tertiary/aromatic N) is 3. The van der Waals surface area contributed by atoms with E-state index in [1.807, 2.05) is 20.2 Å². The average Bonchev–Trinajstić information content (AvgIpc) is 2.82. The molecule has 0 bridgehead atoms. The van der Waals surface area contributed by atoms with E-state index >= 15 is 0 Å². The van der Waals surface area contributed by atoms with Crippen LogP contribution >= 0.6 is 0 Å². The number of benzene rings is 1. The first kappa shape index (κ1) is 16.1. The van der Waals surface area contributed by atoms with Crippen molar-refractivity contribution in [3.05, 3.63) is 52.8 Å². The highest BCUT2D eigenvalue weighted by atomic mass is 16.2. The topological polar surface area (TPSA) is 50.2 Å². The molecule has 5 nitrogen and oxygen atoms in total. The lowest BCUT2D eigenvalue weighted by Crippen LogP contribution is -2.38. The van der Waals surface area contributed by atoms with Crippen molar-refractivity contribution in [2.45, 2.75) is 33.4 Å². The zero-order valence-electron chi connectivity index (χ0n) is 13.9. The lowest BCUT2D eigenvalue weighted by molar-refractivity contribution is 0.203. The summed E-state index contributed by atoms with van der Waals surface area (Å²) in [5.74, 6) is 0. The Balaban J connectivity index is 1.98. The Morgan fingerprint density at radius 2 is 1.95 bits per heavy atom. The average molecular weight is 300 g/mol. The van der Waals surface area contributed by atoms with Crippen molar-refractivity contribution in [1.82, 2.24) is 20.0 Å². The van der Waals surface area contributed by atoms with Gasteiger partial charge in [-0.05, 0) is 26.3 Å². The van der Waals surface area contributed by atoms with Gasteiger partial charge in [0.25, 0.3) is 0 Å². The van der Waals surface area contributed by atoms with Crippen molar-refractivity contribution in [3.63, 3.8) is 0 Å². The third-order valence-electron chi connectivity index (χ3n) is 3.61. The fraction of sp³-hybridized carbons (Fsp3) is 0.412. The molecule has 118 valence electrons. The minimum absolute atomic E-state index is 0.0255. The summed E-state index contributed by atoms with van der Waals surface area (Å²) in [7, 11) is 3.66. The lowest BCUT2D eigenvalue weighted by atomic mass is 10.0. The molecule has 0 aliphatic carbocycles. The summed E-state index contributed by atoms with van der Waals surface area (Å²) < 4.78 is 1.74. The normalized spacial score (nSPS) is 12.0. The Labute approximate surface area is 131 Å². The summed E-state index contributed by atoms with van der Waals surface area (Å²) in [5, 5.41) is 7.15. The van der Waals surface area contributed by atoms with Crippen LogP contribution in [0.15, 0.2) is 30.6 Å². The van der Waals surface area contributed by atoms with E-state index in [-0.39, 0.29) is 12.1 Å². The third kappa shape index (κ3) is 4.10. The van der Waals surface area contributed by atoms with E-state index in [2.05, 4.69) is 42.5 Å². The van der Waals surface area contributed by atoms with Gasteiger partial charge in [-0.1, -0.05) is 29.3 Å². The highest BCUT2D eigenvalue weighted by molar-refractivity contribution is 5.74. The number of carbonyl (C=O) groups is 1. The van der Waals surface area contributed by atoms with E-state index < -0.39 is 0 Å². The highest BCUT2D eigenvalue weighted by Crippen LogP contribution is 2.17. The van der Waals surface area contributed by atoms with Gasteiger partial charge in [-0.15, -0.1) is 0 Å². The van der Waals surface area contributed by atoms with Gasteiger partial charge in [-0.3, -0.25) is 4.68 Å². The monoisotopic (exact) mass is 300 g/mol. The lowest BCUT2D eigenvalue weighted by Gasteiger charge is -2.21. The highest BCUT2D eigenvalue weighted by Gasteiger charge is 2.14. The number of aromatic nitrogens is 2. The zero-order chi connectivity index (χ0) is 16.3. The van der Waals surface area contributed by atoms with Gasteiger partial charge in [0.15, 0.2) is 0 Å². The Bertz CT molecular complexity index is 642. The van der Waals surface area contributed by atoms with E-state index in [0.29, 0.717) is 6.54 Å². The molecule has 0 spiro atoms. The van der Waals surface area contributed by atoms with Crippen molar-refractivity contribution in [1.29, 1.82) is 0 Å². The van der Waals surface area contributed by atoms with Crippen molar-refractivity contribution in [3.8, 4) is 0 Å². The number of aryl methyl sites for hydroxylation is 3. The van der Waals surface area contributed by atoms with Crippen LogP contribution in [0.2, 0.25) is 0 Å². The first-order valence-corrected chi connectivity index (χ1v) is 7.42. The molecule has 0 saturated carbocycles. The van der Waals surface area contributed by atoms with E-state index in [4.69, 9.17) is 0 Å². The first-order chi connectivity index (χ1) is 10.3. The Morgan fingerprint density at radius 1 is 1.32 bits per heavy atom. The molecule has 1 N–H and O–H groups in total. The predicted molar refractivity (Wildman–Crippen MR) is 87.5 cm³/mol. The van der Waals surface area contributed by atoms with Crippen molar-refractivity contribution < 1.29 is 4.79 Å². The summed E-state index contributed by atoms with van der Waals surface area (Å²) in [5.41, 5.74) is 4.56. The van der Waals surface area contributed by atoms with Gasteiger partial charge >= 0.3 is 6.03 Å². The van der Waals surface area contributed by atoms with Crippen LogP contribution in [0.4, 0.5) is 4.79 Å².